The first kappa shape index (κ1) is 13.1. The van der Waals surface area contributed by atoms with E-state index in [0.29, 0.717) is 5.69 Å². The summed E-state index contributed by atoms with van der Waals surface area (Å²) < 4.78 is 5.20. The molecular weight excluding hydrogens is 266 g/mol. The van der Waals surface area contributed by atoms with E-state index in [0.717, 1.165) is 27.0 Å². The summed E-state index contributed by atoms with van der Waals surface area (Å²) in [6.45, 7) is 0. The van der Waals surface area contributed by atoms with E-state index >= 15 is 0 Å². The monoisotopic (exact) mass is 279 g/mol. The third kappa shape index (κ3) is 3.34. The molecule has 0 bridgehead atoms. The van der Waals surface area contributed by atoms with Crippen LogP contribution in [-0.2, 0) is 5.75 Å². The van der Waals surface area contributed by atoms with Crippen molar-refractivity contribution in [3.63, 3.8) is 0 Å². The standard InChI is InChI=1S/C14H14ClNOS/c1-17-12-7-10(6-11(16)8-12)9-18-14-5-3-2-4-13(14)15/h2-8H,9,16H2,1H3. The topological polar surface area (TPSA) is 35.2 Å². The molecule has 0 heterocycles. The Morgan fingerprint density at radius 2 is 2.00 bits per heavy atom. The molecule has 0 radical (unpaired) electrons. The second-order valence-electron chi connectivity index (χ2n) is 3.83. The predicted molar refractivity (Wildman–Crippen MR) is 78.4 cm³/mol. The molecule has 94 valence electrons. The number of methoxy groups -OCH3 is 1. The van der Waals surface area contributed by atoms with Crippen LogP contribution in [0.2, 0.25) is 5.02 Å². The summed E-state index contributed by atoms with van der Waals surface area (Å²) in [5.74, 6) is 1.59. The lowest BCUT2D eigenvalue weighted by Crippen LogP contribution is -1.91. The van der Waals surface area contributed by atoms with Crippen molar-refractivity contribution in [2.24, 2.45) is 0 Å². The molecule has 0 saturated heterocycles. The molecule has 0 aromatic heterocycles. The highest BCUT2D eigenvalue weighted by Gasteiger charge is 2.03. The summed E-state index contributed by atoms with van der Waals surface area (Å²) >= 11 is 7.80. The minimum atomic E-state index is 0.712. The summed E-state index contributed by atoms with van der Waals surface area (Å²) in [4.78, 5) is 1.07. The molecule has 0 aliphatic rings. The fourth-order valence-electron chi connectivity index (χ4n) is 1.61. The van der Waals surface area contributed by atoms with Crippen LogP contribution in [0.25, 0.3) is 0 Å². The lowest BCUT2D eigenvalue weighted by Gasteiger charge is -2.07. The number of halogens is 1. The third-order valence-electron chi connectivity index (χ3n) is 2.46. The number of nitrogen functional groups attached to an aromatic ring is 1. The highest BCUT2D eigenvalue weighted by molar-refractivity contribution is 7.98. The third-order valence-corrected chi connectivity index (χ3v) is 4.04. The van der Waals surface area contributed by atoms with Crippen LogP contribution in [0, 0.1) is 0 Å². The van der Waals surface area contributed by atoms with Gasteiger partial charge in [-0.15, -0.1) is 11.8 Å². The Bertz CT molecular complexity index is 545. The van der Waals surface area contributed by atoms with Gasteiger partial charge >= 0.3 is 0 Å². The molecule has 0 spiro atoms. The maximum Gasteiger partial charge on any atom is 0.121 e. The summed E-state index contributed by atoms with van der Waals surface area (Å²) in [5.41, 5.74) is 7.65. The maximum atomic E-state index is 6.11. The Morgan fingerprint density at radius 1 is 1.22 bits per heavy atom. The van der Waals surface area contributed by atoms with Crippen LogP contribution in [0.4, 0.5) is 5.69 Å². The molecule has 2 nitrogen and oxygen atoms in total. The van der Waals surface area contributed by atoms with E-state index in [2.05, 4.69) is 0 Å². The lowest BCUT2D eigenvalue weighted by atomic mass is 10.2. The molecule has 2 aromatic rings. The normalized spacial score (nSPS) is 10.3. The van der Waals surface area contributed by atoms with Gasteiger partial charge in [0, 0.05) is 22.4 Å². The van der Waals surface area contributed by atoms with Gasteiger partial charge in [0.1, 0.15) is 5.75 Å². The SMILES string of the molecule is COc1cc(N)cc(CSc2ccccc2Cl)c1. The van der Waals surface area contributed by atoms with Gasteiger partial charge in [0.05, 0.1) is 12.1 Å². The first-order valence-electron chi connectivity index (χ1n) is 5.50. The fourth-order valence-corrected chi connectivity index (χ4v) is 2.78. The van der Waals surface area contributed by atoms with Gasteiger partial charge in [-0.1, -0.05) is 23.7 Å². The maximum absolute atomic E-state index is 6.11. The molecule has 18 heavy (non-hydrogen) atoms. The number of benzene rings is 2. The smallest absolute Gasteiger partial charge is 0.121 e. The molecule has 2 rings (SSSR count). The first-order valence-corrected chi connectivity index (χ1v) is 6.86. The Kier molecular flexibility index (Phi) is 4.39. The second-order valence-corrected chi connectivity index (χ2v) is 5.26. The largest absolute Gasteiger partial charge is 0.497 e. The van der Waals surface area contributed by atoms with Crippen LogP contribution in [-0.4, -0.2) is 7.11 Å². The fraction of sp³-hybridized carbons (Fsp3) is 0.143. The Morgan fingerprint density at radius 3 is 2.72 bits per heavy atom. The van der Waals surface area contributed by atoms with Gasteiger partial charge in [-0.2, -0.15) is 0 Å². The second kappa shape index (κ2) is 6.03. The van der Waals surface area contributed by atoms with E-state index in [1.54, 1.807) is 18.9 Å². The van der Waals surface area contributed by atoms with E-state index in [-0.39, 0.29) is 0 Å². The molecule has 0 aliphatic heterocycles. The van der Waals surface area contributed by atoms with E-state index < -0.39 is 0 Å². The van der Waals surface area contributed by atoms with Crippen molar-refractivity contribution in [3.05, 3.63) is 53.1 Å². The Hall–Kier alpha value is -1.32. The molecule has 0 aliphatic carbocycles. The van der Waals surface area contributed by atoms with E-state index in [1.807, 2.05) is 42.5 Å². The van der Waals surface area contributed by atoms with E-state index in [4.69, 9.17) is 22.1 Å². The number of rotatable bonds is 4. The van der Waals surface area contributed by atoms with Crippen LogP contribution < -0.4 is 10.5 Å². The van der Waals surface area contributed by atoms with Crippen molar-refractivity contribution in [1.29, 1.82) is 0 Å². The van der Waals surface area contributed by atoms with Crippen LogP contribution in [0.1, 0.15) is 5.56 Å². The van der Waals surface area contributed by atoms with Gasteiger partial charge in [-0.25, -0.2) is 0 Å². The van der Waals surface area contributed by atoms with Crippen LogP contribution in [0.3, 0.4) is 0 Å². The quantitative estimate of drug-likeness (QED) is 0.672. The molecule has 0 atom stereocenters. The highest BCUT2D eigenvalue weighted by atomic mass is 35.5. The van der Waals surface area contributed by atoms with Gasteiger partial charge in [-0.3, -0.25) is 0 Å². The molecular formula is C14H14ClNOS. The molecule has 2 aromatic carbocycles. The molecule has 0 unspecified atom stereocenters. The average molecular weight is 280 g/mol. The molecule has 0 saturated carbocycles. The summed E-state index contributed by atoms with van der Waals surface area (Å²) in [6, 6.07) is 13.6. The van der Waals surface area contributed by atoms with Crippen molar-refractivity contribution in [3.8, 4) is 5.75 Å². The Balaban J connectivity index is 2.11. The van der Waals surface area contributed by atoms with Gasteiger partial charge in [-0.05, 0) is 29.8 Å². The average Bonchev–Trinajstić information content (AvgIpc) is 2.37. The van der Waals surface area contributed by atoms with Crippen molar-refractivity contribution in [2.75, 3.05) is 12.8 Å². The summed E-state index contributed by atoms with van der Waals surface area (Å²) in [5, 5.41) is 0.776. The summed E-state index contributed by atoms with van der Waals surface area (Å²) in [6.07, 6.45) is 0. The number of hydrogen-bond donors (Lipinski definition) is 1. The van der Waals surface area contributed by atoms with Crippen molar-refractivity contribution in [1.82, 2.24) is 0 Å². The number of ether oxygens (including phenoxy) is 1. The van der Waals surface area contributed by atoms with Crippen molar-refractivity contribution in [2.45, 2.75) is 10.6 Å². The Labute approximate surface area is 116 Å². The van der Waals surface area contributed by atoms with Crippen LogP contribution in [0.15, 0.2) is 47.4 Å². The van der Waals surface area contributed by atoms with Gasteiger partial charge in [0.15, 0.2) is 0 Å². The lowest BCUT2D eigenvalue weighted by molar-refractivity contribution is 0.414. The van der Waals surface area contributed by atoms with Crippen LogP contribution >= 0.6 is 23.4 Å². The minimum Gasteiger partial charge on any atom is -0.497 e. The van der Waals surface area contributed by atoms with Gasteiger partial charge in [0.2, 0.25) is 0 Å². The van der Waals surface area contributed by atoms with Gasteiger partial charge in [0.25, 0.3) is 0 Å². The van der Waals surface area contributed by atoms with Crippen molar-refractivity contribution < 1.29 is 4.74 Å². The van der Waals surface area contributed by atoms with Gasteiger partial charge < -0.3 is 10.5 Å². The zero-order chi connectivity index (χ0) is 13.0. The van der Waals surface area contributed by atoms with E-state index in [1.165, 1.54) is 0 Å². The number of nitrogens with two attached hydrogens (primary N) is 1. The van der Waals surface area contributed by atoms with Crippen LogP contribution in [0.5, 0.6) is 5.75 Å². The molecule has 0 fully saturated rings. The highest BCUT2D eigenvalue weighted by Crippen LogP contribution is 2.30. The van der Waals surface area contributed by atoms with E-state index in [9.17, 15) is 0 Å². The molecule has 2 N–H and O–H groups in total. The number of anilines is 1. The predicted octanol–water partition coefficient (Wildman–Crippen LogP) is 4.22. The molecule has 0 amide bonds. The first-order chi connectivity index (χ1) is 8.69. The summed E-state index contributed by atoms with van der Waals surface area (Å²) in [7, 11) is 1.64. The number of thioether (sulfide) groups is 1. The molecule has 4 heteroatoms. The minimum absolute atomic E-state index is 0.712. The zero-order valence-corrected chi connectivity index (χ0v) is 11.6. The van der Waals surface area contributed by atoms with Crippen molar-refractivity contribution >= 4 is 29.1 Å². The zero-order valence-electron chi connectivity index (χ0n) is 10.0. The number of hydrogen-bond acceptors (Lipinski definition) is 3.